The smallest absolute Gasteiger partial charge is 0.271 e. The second-order valence-electron chi connectivity index (χ2n) is 5.08. The van der Waals surface area contributed by atoms with Crippen molar-refractivity contribution in [1.29, 1.82) is 0 Å². The summed E-state index contributed by atoms with van der Waals surface area (Å²) in [6, 6.07) is 5.36. The SMILES string of the molecule is CN(CC1CCCN1)c1nc2cc([N+](=O)[O-])ccc2s1.Cl. The second-order valence-corrected chi connectivity index (χ2v) is 6.09. The van der Waals surface area contributed by atoms with Gasteiger partial charge in [0, 0.05) is 31.8 Å². The summed E-state index contributed by atoms with van der Waals surface area (Å²) in [5.41, 5.74) is 0.792. The molecule has 1 atom stereocenters. The molecule has 0 amide bonds. The molecule has 1 aliphatic rings. The third-order valence-electron chi connectivity index (χ3n) is 3.55. The monoisotopic (exact) mass is 328 g/mol. The highest BCUT2D eigenvalue weighted by Crippen LogP contribution is 2.30. The zero-order chi connectivity index (χ0) is 14.1. The first-order valence-electron chi connectivity index (χ1n) is 6.63. The highest BCUT2D eigenvalue weighted by molar-refractivity contribution is 7.22. The maximum absolute atomic E-state index is 10.8. The maximum atomic E-state index is 10.8. The minimum absolute atomic E-state index is 0. The zero-order valence-corrected chi connectivity index (χ0v) is 13.2. The van der Waals surface area contributed by atoms with Crippen LogP contribution in [0.4, 0.5) is 10.8 Å². The molecule has 2 heterocycles. The van der Waals surface area contributed by atoms with E-state index in [2.05, 4.69) is 15.2 Å². The number of benzene rings is 1. The Bertz CT molecular complexity index is 642. The highest BCUT2D eigenvalue weighted by Gasteiger charge is 2.18. The van der Waals surface area contributed by atoms with E-state index >= 15 is 0 Å². The number of anilines is 1. The summed E-state index contributed by atoms with van der Waals surface area (Å²) in [7, 11) is 2.02. The number of non-ortho nitro benzene ring substituents is 1. The lowest BCUT2D eigenvalue weighted by atomic mass is 10.2. The topological polar surface area (TPSA) is 71.3 Å². The Balaban J connectivity index is 0.00000161. The van der Waals surface area contributed by atoms with Gasteiger partial charge in [-0.25, -0.2) is 4.98 Å². The van der Waals surface area contributed by atoms with Gasteiger partial charge in [-0.2, -0.15) is 0 Å². The fourth-order valence-corrected chi connectivity index (χ4v) is 3.42. The zero-order valence-electron chi connectivity index (χ0n) is 11.6. The van der Waals surface area contributed by atoms with E-state index in [1.54, 1.807) is 17.4 Å². The standard InChI is InChI=1S/C13H16N4O2S.ClH/c1-16(8-9-3-2-6-14-9)13-15-11-7-10(17(18)19)4-5-12(11)20-13;/h4-5,7,9,14H,2-3,6,8H2,1H3;1H. The van der Waals surface area contributed by atoms with Crippen LogP contribution in [0.25, 0.3) is 10.2 Å². The lowest BCUT2D eigenvalue weighted by Gasteiger charge is -2.20. The van der Waals surface area contributed by atoms with Gasteiger partial charge in [-0.3, -0.25) is 10.1 Å². The van der Waals surface area contributed by atoms with E-state index in [-0.39, 0.29) is 23.0 Å². The Labute approximate surface area is 132 Å². The van der Waals surface area contributed by atoms with Crippen LogP contribution < -0.4 is 10.2 Å². The Morgan fingerprint density at radius 3 is 3.05 bits per heavy atom. The normalized spacial score (nSPS) is 17.7. The number of likely N-dealkylation sites (N-methyl/N-ethyl adjacent to an activating group) is 1. The predicted octanol–water partition coefficient (Wildman–Crippen LogP) is 2.81. The van der Waals surface area contributed by atoms with Gasteiger partial charge >= 0.3 is 0 Å². The molecule has 0 spiro atoms. The van der Waals surface area contributed by atoms with Crippen molar-refractivity contribution >= 4 is 44.8 Å². The van der Waals surface area contributed by atoms with Gasteiger partial charge in [0.25, 0.3) is 5.69 Å². The molecular formula is C13H17ClN4O2S. The first-order chi connectivity index (χ1) is 9.63. The van der Waals surface area contributed by atoms with Gasteiger partial charge in [0.05, 0.1) is 15.1 Å². The average Bonchev–Trinajstić information content (AvgIpc) is 3.05. The molecule has 6 nitrogen and oxygen atoms in total. The number of aromatic nitrogens is 1. The molecular weight excluding hydrogens is 312 g/mol. The van der Waals surface area contributed by atoms with Crippen LogP contribution in [0, 0.1) is 10.1 Å². The van der Waals surface area contributed by atoms with E-state index in [1.807, 2.05) is 7.05 Å². The Hall–Kier alpha value is -1.44. The van der Waals surface area contributed by atoms with Crippen LogP contribution in [0.3, 0.4) is 0 Å². The van der Waals surface area contributed by atoms with Crippen molar-refractivity contribution in [2.24, 2.45) is 0 Å². The molecule has 2 aromatic rings. The quantitative estimate of drug-likeness (QED) is 0.690. The molecule has 0 saturated carbocycles. The van der Waals surface area contributed by atoms with Gasteiger partial charge in [0.2, 0.25) is 0 Å². The molecule has 1 fully saturated rings. The summed E-state index contributed by atoms with van der Waals surface area (Å²) in [6.07, 6.45) is 2.42. The fraction of sp³-hybridized carbons (Fsp3) is 0.462. The lowest BCUT2D eigenvalue weighted by Crippen LogP contribution is -2.35. The van der Waals surface area contributed by atoms with Crippen molar-refractivity contribution in [3.8, 4) is 0 Å². The number of rotatable bonds is 4. The second kappa shape index (κ2) is 6.55. The first-order valence-corrected chi connectivity index (χ1v) is 7.44. The Kier molecular flexibility index (Phi) is 4.97. The summed E-state index contributed by atoms with van der Waals surface area (Å²) in [5.74, 6) is 0. The number of nitrogens with zero attached hydrogens (tertiary/aromatic N) is 3. The highest BCUT2D eigenvalue weighted by atomic mass is 35.5. The lowest BCUT2D eigenvalue weighted by molar-refractivity contribution is -0.384. The molecule has 1 saturated heterocycles. The third-order valence-corrected chi connectivity index (χ3v) is 4.70. The number of nitro groups is 1. The van der Waals surface area contributed by atoms with Crippen LogP contribution in [0.2, 0.25) is 0 Å². The molecule has 1 aromatic heterocycles. The average molecular weight is 329 g/mol. The Morgan fingerprint density at radius 2 is 2.38 bits per heavy atom. The fourth-order valence-electron chi connectivity index (χ4n) is 2.50. The van der Waals surface area contributed by atoms with Gasteiger partial charge in [-0.05, 0) is 25.5 Å². The predicted molar refractivity (Wildman–Crippen MR) is 87.8 cm³/mol. The first kappa shape index (κ1) is 15.9. The van der Waals surface area contributed by atoms with Crippen molar-refractivity contribution in [3.05, 3.63) is 28.3 Å². The van der Waals surface area contributed by atoms with Gasteiger partial charge in [-0.15, -0.1) is 12.4 Å². The number of nitro benzene ring substituents is 1. The summed E-state index contributed by atoms with van der Waals surface area (Å²) in [6.45, 7) is 2.01. The van der Waals surface area contributed by atoms with Crippen LogP contribution in [-0.4, -0.2) is 36.1 Å². The molecule has 3 rings (SSSR count). The van der Waals surface area contributed by atoms with Gasteiger partial charge in [-0.1, -0.05) is 11.3 Å². The minimum Gasteiger partial charge on any atom is -0.350 e. The third kappa shape index (κ3) is 3.42. The van der Waals surface area contributed by atoms with Crippen LogP contribution >= 0.6 is 23.7 Å². The molecule has 1 N–H and O–H groups in total. The molecule has 1 aromatic carbocycles. The Morgan fingerprint density at radius 1 is 1.57 bits per heavy atom. The van der Waals surface area contributed by atoms with Crippen molar-refractivity contribution in [2.45, 2.75) is 18.9 Å². The minimum atomic E-state index is -0.384. The summed E-state index contributed by atoms with van der Waals surface area (Å²) < 4.78 is 0.983. The van der Waals surface area contributed by atoms with E-state index in [4.69, 9.17) is 0 Å². The molecule has 8 heteroatoms. The van der Waals surface area contributed by atoms with Crippen LogP contribution in [0.5, 0.6) is 0 Å². The van der Waals surface area contributed by atoms with Crippen molar-refractivity contribution < 1.29 is 4.92 Å². The number of fused-ring (bicyclic) bond motifs is 1. The van der Waals surface area contributed by atoms with Crippen LogP contribution in [0.1, 0.15) is 12.8 Å². The number of halogens is 1. The van der Waals surface area contributed by atoms with Crippen molar-refractivity contribution in [3.63, 3.8) is 0 Å². The molecule has 21 heavy (non-hydrogen) atoms. The molecule has 114 valence electrons. The van der Waals surface area contributed by atoms with Gasteiger partial charge in [0.15, 0.2) is 5.13 Å². The van der Waals surface area contributed by atoms with Gasteiger partial charge < -0.3 is 10.2 Å². The van der Waals surface area contributed by atoms with E-state index in [0.29, 0.717) is 11.6 Å². The van der Waals surface area contributed by atoms with E-state index in [1.165, 1.54) is 25.0 Å². The molecule has 0 aliphatic carbocycles. The van der Waals surface area contributed by atoms with Crippen LogP contribution in [0.15, 0.2) is 18.2 Å². The number of hydrogen-bond donors (Lipinski definition) is 1. The summed E-state index contributed by atoms with van der Waals surface area (Å²) in [5, 5.41) is 15.2. The van der Waals surface area contributed by atoms with Crippen molar-refractivity contribution in [1.82, 2.24) is 10.3 Å². The molecule has 0 bridgehead atoms. The van der Waals surface area contributed by atoms with E-state index in [0.717, 1.165) is 22.9 Å². The summed E-state index contributed by atoms with van der Waals surface area (Å²) >= 11 is 1.57. The number of hydrogen-bond acceptors (Lipinski definition) is 6. The van der Waals surface area contributed by atoms with Gasteiger partial charge in [0.1, 0.15) is 0 Å². The maximum Gasteiger partial charge on any atom is 0.271 e. The molecule has 0 radical (unpaired) electrons. The molecule has 1 aliphatic heterocycles. The summed E-state index contributed by atoms with van der Waals surface area (Å²) in [4.78, 5) is 17.0. The number of thiazole rings is 1. The largest absolute Gasteiger partial charge is 0.350 e. The number of nitrogens with one attached hydrogen (secondary N) is 1. The van der Waals surface area contributed by atoms with E-state index in [9.17, 15) is 10.1 Å². The van der Waals surface area contributed by atoms with E-state index < -0.39 is 0 Å². The van der Waals surface area contributed by atoms with Crippen molar-refractivity contribution in [2.75, 3.05) is 25.0 Å². The molecule has 1 unspecified atom stereocenters. The van der Waals surface area contributed by atoms with Crippen LogP contribution in [-0.2, 0) is 0 Å².